The zero-order valence-corrected chi connectivity index (χ0v) is 16.5. The molecule has 0 aliphatic rings. The molecule has 0 aliphatic heterocycles. The minimum atomic E-state index is -2.98. The van der Waals surface area contributed by atoms with E-state index in [-0.39, 0.29) is 22.9 Å². The number of hydrogen-bond acceptors (Lipinski definition) is 5. The maximum atomic E-state index is 12.8. The second kappa shape index (κ2) is 9.51. The van der Waals surface area contributed by atoms with E-state index in [2.05, 4.69) is 16.6 Å². The fourth-order valence-corrected chi connectivity index (χ4v) is 3.55. The van der Waals surface area contributed by atoms with E-state index in [4.69, 9.17) is 4.74 Å². The Morgan fingerprint density at radius 2 is 2.17 bits per heavy atom. The van der Waals surface area contributed by atoms with Crippen LogP contribution in [0.15, 0.2) is 29.8 Å². The number of imidazole rings is 1. The molecule has 3 rings (SSSR count). The number of halogens is 2. The Labute approximate surface area is 170 Å². The quantitative estimate of drug-likeness (QED) is 0.441. The van der Waals surface area contributed by atoms with Crippen LogP contribution in [-0.4, -0.2) is 33.7 Å². The lowest BCUT2D eigenvalue weighted by molar-refractivity contribution is -0.0515. The molecule has 3 aromatic rings. The molecule has 0 atom stereocenters. The van der Waals surface area contributed by atoms with E-state index in [1.807, 2.05) is 0 Å². The van der Waals surface area contributed by atoms with Crippen LogP contribution < -0.4 is 9.47 Å². The number of ether oxygens (including phenoxy) is 2. The van der Waals surface area contributed by atoms with Gasteiger partial charge in [-0.2, -0.15) is 8.78 Å². The van der Waals surface area contributed by atoms with Crippen LogP contribution in [-0.2, 0) is 0 Å². The Morgan fingerprint density at radius 1 is 1.34 bits per heavy atom. The Kier molecular flexibility index (Phi) is 6.82. The number of para-hydroxylation sites is 1. The highest BCUT2D eigenvalue weighted by atomic mass is 32.1. The Bertz CT molecular complexity index is 1010. The van der Waals surface area contributed by atoms with E-state index in [1.165, 1.54) is 27.9 Å². The minimum Gasteiger partial charge on any atom is -0.489 e. The van der Waals surface area contributed by atoms with Crippen molar-refractivity contribution >= 4 is 34.4 Å². The van der Waals surface area contributed by atoms with Gasteiger partial charge in [-0.3, -0.25) is 4.40 Å². The zero-order chi connectivity index (χ0) is 20.8. The van der Waals surface area contributed by atoms with Crippen molar-refractivity contribution in [3.05, 3.63) is 46.7 Å². The predicted molar refractivity (Wildman–Crippen MR) is 107 cm³/mol. The third-order valence-electron chi connectivity index (χ3n) is 4.13. The summed E-state index contributed by atoms with van der Waals surface area (Å²) < 4.78 is 37.4. The highest BCUT2D eigenvalue weighted by Gasteiger charge is 2.18. The topological polar surface area (TPSA) is 73.1 Å². The highest BCUT2D eigenvalue weighted by molar-refractivity contribution is 7.15. The number of hydrogen-bond donors (Lipinski definition) is 1. The molecule has 0 fully saturated rings. The highest BCUT2D eigenvalue weighted by Crippen LogP contribution is 2.34. The summed E-state index contributed by atoms with van der Waals surface area (Å²) in [5.41, 5.74) is 0.789. The SMILES string of the molecule is CCCCCOc1c(C=Cc2nc3sccn3c2C(=O)O)cccc1OC(F)F. The molecule has 0 aliphatic carbocycles. The van der Waals surface area contributed by atoms with Crippen molar-refractivity contribution in [1.82, 2.24) is 9.38 Å². The number of rotatable bonds is 10. The van der Waals surface area contributed by atoms with E-state index < -0.39 is 12.6 Å². The molecule has 0 saturated heterocycles. The van der Waals surface area contributed by atoms with E-state index >= 15 is 0 Å². The van der Waals surface area contributed by atoms with Gasteiger partial charge in [-0.15, -0.1) is 11.3 Å². The molecule has 0 amide bonds. The van der Waals surface area contributed by atoms with Crippen LogP contribution >= 0.6 is 11.3 Å². The number of alkyl halides is 2. The second-order valence-electron chi connectivity index (χ2n) is 6.15. The molecule has 0 radical (unpaired) electrons. The molecule has 6 nitrogen and oxygen atoms in total. The molecule has 154 valence electrons. The summed E-state index contributed by atoms with van der Waals surface area (Å²) in [4.78, 5) is 16.5. The summed E-state index contributed by atoms with van der Waals surface area (Å²) >= 11 is 1.32. The molecule has 0 spiro atoms. The van der Waals surface area contributed by atoms with Gasteiger partial charge < -0.3 is 14.6 Å². The number of aromatic carboxylic acids is 1. The first-order chi connectivity index (χ1) is 14.0. The summed E-state index contributed by atoms with van der Waals surface area (Å²) in [6, 6.07) is 4.66. The van der Waals surface area contributed by atoms with Crippen molar-refractivity contribution in [3.8, 4) is 11.5 Å². The average molecular weight is 422 g/mol. The summed E-state index contributed by atoms with van der Waals surface area (Å²) in [7, 11) is 0. The van der Waals surface area contributed by atoms with Gasteiger partial charge in [0.25, 0.3) is 0 Å². The Hall–Kier alpha value is -2.94. The van der Waals surface area contributed by atoms with E-state index in [0.29, 0.717) is 17.1 Å². The third-order valence-corrected chi connectivity index (χ3v) is 4.89. The number of nitrogens with zero attached hydrogens (tertiary/aromatic N) is 2. The molecule has 2 heterocycles. The van der Waals surface area contributed by atoms with Gasteiger partial charge >= 0.3 is 12.6 Å². The first-order valence-corrected chi connectivity index (χ1v) is 9.96. The van der Waals surface area contributed by atoms with Gasteiger partial charge in [0.05, 0.1) is 12.3 Å². The molecular weight excluding hydrogens is 402 g/mol. The molecule has 29 heavy (non-hydrogen) atoms. The van der Waals surface area contributed by atoms with Gasteiger partial charge in [0.1, 0.15) is 0 Å². The Morgan fingerprint density at radius 3 is 2.90 bits per heavy atom. The van der Waals surface area contributed by atoms with Gasteiger partial charge in [-0.25, -0.2) is 9.78 Å². The van der Waals surface area contributed by atoms with Gasteiger partial charge in [0.15, 0.2) is 22.2 Å². The molecule has 2 aromatic heterocycles. The lowest BCUT2D eigenvalue weighted by atomic mass is 10.1. The predicted octanol–water partition coefficient (Wildman–Crippen LogP) is 5.43. The van der Waals surface area contributed by atoms with Crippen molar-refractivity contribution in [2.75, 3.05) is 6.61 Å². The van der Waals surface area contributed by atoms with Crippen molar-refractivity contribution in [1.29, 1.82) is 0 Å². The summed E-state index contributed by atoms with van der Waals surface area (Å²) in [6.45, 7) is -0.567. The molecule has 1 N–H and O–H groups in total. The number of carboxylic acid groups (broad SMARTS) is 1. The number of thiazole rings is 1. The van der Waals surface area contributed by atoms with E-state index in [0.717, 1.165) is 19.3 Å². The minimum absolute atomic E-state index is 0.0305. The van der Waals surface area contributed by atoms with Gasteiger partial charge in [0, 0.05) is 17.1 Å². The van der Waals surface area contributed by atoms with Crippen molar-refractivity contribution in [2.24, 2.45) is 0 Å². The largest absolute Gasteiger partial charge is 0.489 e. The zero-order valence-electron chi connectivity index (χ0n) is 15.7. The van der Waals surface area contributed by atoms with Crippen LogP contribution in [0.5, 0.6) is 11.5 Å². The summed E-state index contributed by atoms with van der Waals surface area (Å²) in [5.74, 6) is -0.984. The second-order valence-corrected chi connectivity index (χ2v) is 7.02. The van der Waals surface area contributed by atoms with Crippen LogP contribution in [0.2, 0.25) is 0 Å². The van der Waals surface area contributed by atoms with Crippen LogP contribution in [0.4, 0.5) is 8.78 Å². The maximum absolute atomic E-state index is 12.8. The number of fused-ring (bicyclic) bond motifs is 1. The molecule has 0 bridgehead atoms. The molecule has 9 heteroatoms. The normalized spacial score (nSPS) is 11.6. The first kappa shape index (κ1) is 20.8. The van der Waals surface area contributed by atoms with Crippen LogP contribution in [0, 0.1) is 0 Å². The van der Waals surface area contributed by atoms with Crippen LogP contribution in [0.3, 0.4) is 0 Å². The summed E-state index contributed by atoms with van der Waals surface area (Å²) in [5, 5.41) is 11.3. The molecule has 1 aromatic carbocycles. The standard InChI is InChI=1S/C20H20F2N2O4S/c1-2-3-4-11-27-17-13(6-5-7-15(17)28-19(21)22)8-9-14-16(18(25)26)24-10-12-29-20(24)23-14/h5-10,12,19H,2-4,11H2,1H3,(H,25,26). The lowest BCUT2D eigenvalue weighted by Crippen LogP contribution is -2.06. The first-order valence-electron chi connectivity index (χ1n) is 9.08. The maximum Gasteiger partial charge on any atom is 0.387 e. The van der Waals surface area contributed by atoms with Gasteiger partial charge in [-0.05, 0) is 24.6 Å². The van der Waals surface area contributed by atoms with E-state index in [9.17, 15) is 18.7 Å². The monoisotopic (exact) mass is 422 g/mol. The van der Waals surface area contributed by atoms with Gasteiger partial charge in [0.2, 0.25) is 0 Å². The van der Waals surface area contributed by atoms with E-state index in [1.54, 1.807) is 29.8 Å². The van der Waals surface area contributed by atoms with Gasteiger partial charge in [-0.1, -0.05) is 31.9 Å². The smallest absolute Gasteiger partial charge is 0.387 e. The summed E-state index contributed by atoms with van der Waals surface area (Å²) in [6.07, 6.45) is 7.49. The number of benzene rings is 1. The average Bonchev–Trinajstić information content (AvgIpc) is 3.24. The van der Waals surface area contributed by atoms with Crippen LogP contribution in [0.1, 0.15) is 47.9 Å². The van der Waals surface area contributed by atoms with Crippen molar-refractivity contribution in [3.63, 3.8) is 0 Å². The number of carboxylic acids is 1. The number of carbonyl (C=O) groups is 1. The fourth-order valence-electron chi connectivity index (χ4n) is 2.83. The molecule has 0 unspecified atom stereocenters. The molecule has 0 saturated carbocycles. The van der Waals surface area contributed by atoms with Crippen molar-refractivity contribution < 1.29 is 28.2 Å². The fraction of sp³-hybridized carbons (Fsp3) is 0.300. The number of unbranched alkanes of at least 4 members (excludes halogenated alkanes) is 2. The molecular formula is C20H20F2N2O4S. The third kappa shape index (κ3) is 4.92. The van der Waals surface area contributed by atoms with Crippen LogP contribution in [0.25, 0.3) is 17.1 Å². The number of aromatic nitrogens is 2. The van der Waals surface area contributed by atoms with Crippen molar-refractivity contribution in [2.45, 2.75) is 32.8 Å². The lowest BCUT2D eigenvalue weighted by Gasteiger charge is -2.14. The Balaban J connectivity index is 1.94.